The Balaban J connectivity index is 2.84. The van der Waals surface area contributed by atoms with Crippen LogP contribution in [0.4, 0.5) is 0 Å². The van der Waals surface area contributed by atoms with Gasteiger partial charge in [-0.2, -0.15) is 0 Å². The SMILES string of the molecule is C=CCn1c(=O)ccc2cc(C(=O)O)cc(OC(C)C)c21. The molecule has 110 valence electrons. The van der Waals surface area contributed by atoms with Crippen molar-refractivity contribution in [3.63, 3.8) is 0 Å². The Hall–Kier alpha value is -2.56. The van der Waals surface area contributed by atoms with E-state index in [1.165, 1.54) is 22.8 Å². The average molecular weight is 287 g/mol. The molecule has 0 unspecified atom stereocenters. The molecular formula is C16H17NO4. The maximum Gasteiger partial charge on any atom is 0.335 e. The zero-order valence-electron chi connectivity index (χ0n) is 12.0. The fourth-order valence-electron chi connectivity index (χ4n) is 2.18. The Labute approximate surface area is 122 Å². The van der Waals surface area contributed by atoms with Crippen LogP contribution in [-0.2, 0) is 6.54 Å². The van der Waals surface area contributed by atoms with Gasteiger partial charge in [0.15, 0.2) is 0 Å². The summed E-state index contributed by atoms with van der Waals surface area (Å²) < 4.78 is 7.22. The number of hydrogen-bond acceptors (Lipinski definition) is 3. The van der Waals surface area contributed by atoms with E-state index in [-0.39, 0.29) is 17.2 Å². The van der Waals surface area contributed by atoms with E-state index in [1.807, 2.05) is 13.8 Å². The summed E-state index contributed by atoms with van der Waals surface area (Å²) in [5, 5.41) is 9.84. The number of aromatic nitrogens is 1. The lowest BCUT2D eigenvalue weighted by atomic mass is 10.1. The number of rotatable bonds is 5. The molecule has 0 atom stereocenters. The normalized spacial score (nSPS) is 10.8. The summed E-state index contributed by atoms with van der Waals surface area (Å²) in [4.78, 5) is 23.2. The van der Waals surface area contributed by atoms with Crippen LogP contribution >= 0.6 is 0 Å². The standard InChI is InChI=1S/C16H17NO4/c1-4-7-17-14(18)6-5-11-8-12(16(19)20)9-13(15(11)17)21-10(2)3/h4-6,8-10H,1,7H2,2-3H3,(H,19,20). The molecular weight excluding hydrogens is 270 g/mol. The highest BCUT2D eigenvalue weighted by Crippen LogP contribution is 2.28. The fraction of sp³-hybridized carbons (Fsp3) is 0.250. The minimum absolute atomic E-state index is 0.127. The Morgan fingerprint density at radius 2 is 2.14 bits per heavy atom. The molecule has 1 heterocycles. The third kappa shape index (κ3) is 2.97. The van der Waals surface area contributed by atoms with Crippen LogP contribution in [0.15, 0.2) is 41.7 Å². The molecule has 0 fully saturated rings. The number of benzene rings is 1. The Bertz CT molecular complexity index is 759. The van der Waals surface area contributed by atoms with Crippen LogP contribution in [0.25, 0.3) is 10.9 Å². The molecule has 5 heteroatoms. The summed E-state index contributed by atoms with van der Waals surface area (Å²) in [7, 11) is 0. The first kappa shape index (κ1) is 14.8. The molecule has 5 nitrogen and oxygen atoms in total. The van der Waals surface area contributed by atoms with Gasteiger partial charge in [-0.15, -0.1) is 6.58 Å². The number of allylic oxidation sites excluding steroid dienone is 1. The molecule has 2 aromatic rings. The van der Waals surface area contributed by atoms with Gasteiger partial charge in [-0.1, -0.05) is 6.08 Å². The van der Waals surface area contributed by atoms with Crippen molar-refractivity contribution in [2.24, 2.45) is 0 Å². The number of pyridine rings is 1. The summed E-state index contributed by atoms with van der Waals surface area (Å²) in [5.41, 5.74) is 0.530. The predicted molar refractivity (Wildman–Crippen MR) is 81.1 cm³/mol. The van der Waals surface area contributed by atoms with Crippen molar-refractivity contribution in [2.75, 3.05) is 0 Å². The van der Waals surface area contributed by atoms with Gasteiger partial charge in [0.05, 0.1) is 17.2 Å². The maximum atomic E-state index is 12.0. The Morgan fingerprint density at radius 3 is 2.71 bits per heavy atom. The zero-order chi connectivity index (χ0) is 15.6. The predicted octanol–water partition coefficient (Wildman–Crippen LogP) is 2.67. The number of nitrogens with zero attached hydrogens (tertiary/aromatic N) is 1. The van der Waals surface area contributed by atoms with Gasteiger partial charge in [-0.05, 0) is 32.0 Å². The van der Waals surface area contributed by atoms with Crippen LogP contribution in [0.5, 0.6) is 5.75 Å². The highest BCUT2D eigenvalue weighted by atomic mass is 16.5. The van der Waals surface area contributed by atoms with E-state index in [0.29, 0.717) is 23.2 Å². The molecule has 1 aromatic heterocycles. The van der Waals surface area contributed by atoms with Gasteiger partial charge in [-0.25, -0.2) is 4.79 Å². The lowest BCUT2D eigenvalue weighted by Gasteiger charge is -2.16. The number of carboxylic acid groups (broad SMARTS) is 1. The molecule has 0 saturated carbocycles. The summed E-state index contributed by atoms with van der Waals surface area (Å²) in [6.07, 6.45) is 1.48. The van der Waals surface area contributed by atoms with Crippen molar-refractivity contribution in [1.29, 1.82) is 0 Å². The van der Waals surface area contributed by atoms with Crippen molar-refractivity contribution in [2.45, 2.75) is 26.5 Å². The third-order valence-corrected chi connectivity index (χ3v) is 2.97. The van der Waals surface area contributed by atoms with E-state index in [9.17, 15) is 14.7 Å². The van der Waals surface area contributed by atoms with Gasteiger partial charge in [0.25, 0.3) is 5.56 Å². The molecule has 0 amide bonds. The average Bonchev–Trinajstić information content (AvgIpc) is 2.41. The van der Waals surface area contributed by atoms with E-state index in [2.05, 4.69) is 6.58 Å². The lowest BCUT2D eigenvalue weighted by molar-refractivity contribution is 0.0696. The summed E-state index contributed by atoms with van der Waals surface area (Å²) in [5.74, 6) is -0.647. The number of hydrogen-bond donors (Lipinski definition) is 1. The third-order valence-electron chi connectivity index (χ3n) is 2.97. The van der Waals surface area contributed by atoms with Crippen molar-refractivity contribution in [3.8, 4) is 5.75 Å². The minimum Gasteiger partial charge on any atom is -0.489 e. The molecule has 0 aliphatic heterocycles. The Morgan fingerprint density at radius 1 is 1.43 bits per heavy atom. The second-order valence-electron chi connectivity index (χ2n) is 4.95. The minimum atomic E-state index is -1.04. The van der Waals surface area contributed by atoms with Gasteiger partial charge < -0.3 is 14.4 Å². The summed E-state index contributed by atoms with van der Waals surface area (Å²) in [6, 6.07) is 6.00. The first-order valence-corrected chi connectivity index (χ1v) is 6.62. The number of ether oxygens (including phenoxy) is 1. The number of aromatic carboxylic acids is 1. The van der Waals surface area contributed by atoms with E-state index in [1.54, 1.807) is 12.1 Å². The molecule has 1 aromatic carbocycles. The van der Waals surface area contributed by atoms with Crippen molar-refractivity contribution >= 4 is 16.9 Å². The first-order chi connectivity index (χ1) is 9.93. The summed E-state index contributed by atoms with van der Waals surface area (Å²) in [6.45, 7) is 7.67. The number of fused-ring (bicyclic) bond motifs is 1. The highest BCUT2D eigenvalue weighted by Gasteiger charge is 2.14. The molecule has 0 saturated heterocycles. The molecule has 0 aliphatic carbocycles. The zero-order valence-corrected chi connectivity index (χ0v) is 12.0. The lowest BCUT2D eigenvalue weighted by Crippen LogP contribution is -2.20. The largest absolute Gasteiger partial charge is 0.489 e. The summed E-state index contributed by atoms with van der Waals surface area (Å²) >= 11 is 0. The van der Waals surface area contributed by atoms with Gasteiger partial charge in [0, 0.05) is 18.0 Å². The molecule has 1 N–H and O–H groups in total. The van der Waals surface area contributed by atoms with Gasteiger partial charge >= 0.3 is 5.97 Å². The van der Waals surface area contributed by atoms with Crippen molar-refractivity contribution in [1.82, 2.24) is 4.57 Å². The molecule has 0 spiro atoms. The monoisotopic (exact) mass is 287 g/mol. The second kappa shape index (κ2) is 5.83. The maximum absolute atomic E-state index is 12.0. The second-order valence-corrected chi connectivity index (χ2v) is 4.95. The molecule has 21 heavy (non-hydrogen) atoms. The van der Waals surface area contributed by atoms with E-state index in [0.717, 1.165) is 0 Å². The van der Waals surface area contributed by atoms with E-state index < -0.39 is 5.97 Å². The van der Waals surface area contributed by atoms with Crippen LogP contribution in [0.1, 0.15) is 24.2 Å². The van der Waals surface area contributed by atoms with Crippen molar-refractivity contribution in [3.05, 3.63) is 52.8 Å². The van der Waals surface area contributed by atoms with Crippen LogP contribution < -0.4 is 10.3 Å². The highest BCUT2D eigenvalue weighted by molar-refractivity contribution is 5.96. The first-order valence-electron chi connectivity index (χ1n) is 6.62. The molecule has 2 rings (SSSR count). The molecule has 0 radical (unpaired) electrons. The van der Waals surface area contributed by atoms with E-state index in [4.69, 9.17) is 4.74 Å². The Kier molecular flexibility index (Phi) is 4.12. The number of carbonyl (C=O) groups is 1. The van der Waals surface area contributed by atoms with Crippen LogP contribution in [-0.4, -0.2) is 21.7 Å². The molecule has 0 bridgehead atoms. The van der Waals surface area contributed by atoms with Gasteiger partial charge in [-0.3, -0.25) is 4.79 Å². The topological polar surface area (TPSA) is 68.5 Å². The van der Waals surface area contributed by atoms with Crippen LogP contribution in [0.2, 0.25) is 0 Å². The van der Waals surface area contributed by atoms with Gasteiger partial charge in [0.2, 0.25) is 0 Å². The molecule has 0 aliphatic rings. The number of carboxylic acids is 1. The van der Waals surface area contributed by atoms with Crippen LogP contribution in [0, 0.1) is 0 Å². The smallest absolute Gasteiger partial charge is 0.335 e. The fourth-order valence-corrected chi connectivity index (χ4v) is 2.18. The van der Waals surface area contributed by atoms with E-state index >= 15 is 0 Å². The van der Waals surface area contributed by atoms with Gasteiger partial charge in [0.1, 0.15) is 5.75 Å². The van der Waals surface area contributed by atoms with Crippen molar-refractivity contribution < 1.29 is 14.6 Å². The quantitative estimate of drug-likeness (QED) is 0.858. The van der Waals surface area contributed by atoms with Crippen LogP contribution in [0.3, 0.4) is 0 Å².